The maximum absolute atomic E-state index is 11.5. The third-order valence-electron chi connectivity index (χ3n) is 4.84. The summed E-state index contributed by atoms with van der Waals surface area (Å²) in [6.45, 7) is 9.98. The molecule has 0 aliphatic carbocycles. The smallest absolute Gasteiger partial charge is 0.337 e. The zero-order valence-corrected chi connectivity index (χ0v) is 17.6. The fourth-order valence-electron chi connectivity index (χ4n) is 3.54. The van der Waals surface area contributed by atoms with Crippen LogP contribution in [-0.2, 0) is 0 Å². The van der Waals surface area contributed by atoms with Crippen molar-refractivity contribution in [1.29, 1.82) is 0 Å². The first-order valence-electron chi connectivity index (χ1n) is 9.71. The zero-order chi connectivity index (χ0) is 21.6. The highest BCUT2D eigenvalue weighted by Crippen LogP contribution is 2.34. The molecule has 3 heterocycles. The minimum atomic E-state index is -0.974. The van der Waals surface area contributed by atoms with Gasteiger partial charge < -0.3 is 14.9 Å². The van der Waals surface area contributed by atoms with Crippen LogP contribution < -0.4 is 5.32 Å². The third-order valence-corrected chi connectivity index (χ3v) is 4.84. The van der Waals surface area contributed by atoms with Crippen LogP contribution >= 0.6 is 0 Å². The molecule has 0 radical (unpaired) electrons. The molecule has 154 valence electrons. The second-order valence-electron chi connectivity index (χ2n) is 8.41. The Kier molecular flexibility index (Phi) is 4.61. The van der Waals surface area contributed by atoms with Crippen LogP contribution in [0.2, 0.25) is 0 Å². The lowest BCUT2D eigenvalue weighted by Gasteiger charge is -2.22. The number of anilines is 1. The molecule has 7 nitrogen and oxygen atoms in total. The summed E-state index contributed by atoms with van der Waals surface area (Å²) in [7, 11) is 0. The third kappa shape index (κ3) is 3.54. The van der Waals surface area contributed by atoms with Gasteiger partial charge in [-0.15, -0.1) is 0 Å². The van der Waals surface area contributed by atoms with E-state index in [1.807, 2.05) is 38.1 Å². The normalized spacial score (nSPS) is 11.8. The molecule has 0 saturated carbocycles. The predicted octanol–water partition coefficient (Wildman–Crippen LogP) is 5.18. The molecule has 7 heteroatoms. The number of hydrogen-bond donors (Lipinski definition) is 2. The van der Waals surface area contributed by atoms with Crippen LogP contribution in [0.15, 0.2) is 47.1 Å². The fourth-order valence-corrected chi connectivity index (χ4v) is 3.54. The number of carbonyl (C=O) groups is 1. The van der Waals surface area contributed by atoms with Gasteiger partial charge >= 0.3 is 5.97 Å². The lowest BCUT2D eigenvalue weighted by Crippen LogP contribution is -2.27. The topological polar surface area (TPSA) is 92.7 Å². The van der Waals surface area contributed by atoms with E-state index in [2.05, 4.69) is 31.2 Å². The van der Waals surface area contributed by atoms with E-state index in [-0.39, 0.29) is 11.1 Å². The number of nitrogens with one attached hydrogen (secondary N) is 1. The number of aryl methyl sites for hydroxylation is 2. The number of carboxylic acid groups (broad SMARTS) is 1. The summed E-state index contributed by atoms with van der Waals surface area (Å²) in [6.07, 6.45) is 1.60. The van der Waals surface area contributed by atoms with Crippen molar-refractivity contribution in [3.8, 4) is 22.4 Å². The quantitative estimate of drug-likeness (QED) is 0.487. The van der Waals surface area contributed by atoms with Crippen LogP contribution in [0, 0.1) is 13.8 Å². The predicted molar refractivity (Wildman–Crippen MR) is 116 cm³/mol. The fraction of sp³-hybridized carbons (Fsp3) is 0.261. The van der Waals surface area contributed by atoms with Crippen LogP contribution in [-0.4, -0.2) is 31.2 Å². The molecular formula is C23H24N4O3. The van der Waals surface area contributed by atoms with E-state index in [4.69, 9.17) is 9.51 Å². The van der Waals surface area contributed by atoms with Gasteiger partial charge in [-0.25, -0.2) is 9.78 Å². The number of fused-ring (bicyclic) bond motifs is 1. The number of aromatic carboxylic acids is 1. The van der Waals surface area contributed by atoms with Gasteiger partial charge in [-0.3, -0.25) is 4.40 Å². The first kappa shape index (κ1) is 19.7. The van der Waals surface area contributed by atoms with Gasteiger partial charge in [0.15, 0.2) is 0 Å². The number of imidazole rings is 1. The van der Waals surface area contributed by atoms with Crippen LogP contribution in [0.4, 0.5) is 5.82 Å². The van der Waals surface area contributed by atoms with Crippen molar-refractivity contribution < 1.29 is 14.4 Å². The monoisotopic (exact) mass is 404 g/mol. The average molecular weight is 404 g/mol. The molecule has 0 amide bonds. The second kappa shape index (κ2) is 7.02. The Morgan fingerprint density at radius 2 is 1.73 bits per heavy atom. The van der Waals surface area contributed by atoms with Crippen LogP contribution in [0.5, 0.6) is 0 Å². The number of pyridine rings is 1. The first-order chi connectivity index (χ1) is 14.1. The van der Waals surface area contributed by atoms with Crippen LogP contribution in [0.1, 0.15) is 42.6 Å². The van der Waals surface area contributed by atoms with E-state index in [0.717, 1.165) is 39.7 Å². The Morgan fingerprint density at radius 3 is 2.30 bits per heavy atom. The van der Waals surface area contributed by atoms with Gasteiger partial charge in [0.05, 0.1) is 11.3 Å². The number of carboxylic acids is 1. The van der Waals surface area contributed by atoms with Crippen LogP contribution in [0.25, 0.3) is 28.0 Å². The van der Waals surface area contributed by atoms with Crippen molar-refractivity contribution in [3.63, 3.8) is 0 Å². The van der Waals surface area contributed by atoms with Crippen molar-refractivity contribution in [2.45, 2.75) is 40.2 Å². The minimum absolute atomic E-state index is 0.206. The Hall–Kier alpha value is -3.61. The molecule has 4 aromatic rings. The Labute approximate surface area is 174 Å². The molecule has 0 aliphatic heterocycles. The summed E-state index contributed by atoms with van der Waals surface area (Å²) in [5.41, 5.74) is 5.21. The van der Waals surface area contributed by atoms with E-state index < -0.39 is 5.97 Å². The molecule has 0 unspecified atom stereocenters. The number of benzene rings is 1. The van der Waals surface area contributed by atoms with Crippen molar-refractivity contribution in [2.75, 3.05) is 5.32 Å². The van der Waals surface area contributed by atoms with Gasteiger partial charge in [0.2, 0.25) is 0 Å². The molecule has 30 heavy (non-hydrogen) atoms. The van der Waals surface area contributed by atoms with Gasteiger partial charge in [-0.2, -0.15) is 0 Å². The first-order valence-corrected chi connectivity index (χ1v) is 9.71. The van der Waals surface area contributed by atoms with Gasteiger partial charge in [-0.1, -0.05) is 29.4 Å². The lowest BCUT2D eigenvalue weighted by atomic mass is 10.0. The minimum Gasteiger partial charge on any atom is -0.478 e. The van der Waals surface area contributed by atoms with E-state index in [9.17, 15) is 9.90 Å². The highest BCUT2D eigenvalue weighted by molar-refractivity contribution is 5.88. The highest BCUT2D eigenvalue weighted by Gasteiger charge is 2.21. The molecule has 4 rings (SSSR count). The van der Waals surface area contributed by atoms with Gasteiger partial charge in [0.25, 0.3) is 0 Å². The average Bonchev–Trinajstić information content (AvgIpc) is 3.20. The van der Waals surface area contributed by atoms with Gasteiger partial charge in [0.1, 0.15) is 22.9 Å². The van der Waals surface area contributed by atoms with Crippen LogP contribution in [0.3, 0.4) is 0 Å². The maximum atomic E-state index is 11.5. The summed E-state index contributed by atoms with van der Waals surface area (Å²) in [5.74, 6) is 0.563. The van der Waals surface area contributed by atoms with E-state index in [0.29, 0.717) is 5.65 Å². The summed E-state index contributed by atoms with van der Waals surface area (Å²) in [6, 6.07) is 11.4. The summed E-state index contributed by atoms with van der Waals surface area (Å²) >= 11 is 0. The van der Waals surface area contributed by atoms with E-state index in [1.165, 1.54) is 0 Å². The summed E-state index contributed by atoms with van der Waals surface area (Å²) in [4.78, 5) is 16.2. The van der Waals surface area contributed by atoms with Crippen molar-refractivity contribution in [1.82, 2.24) is 14.5 Å². The molecule has 2 N–H and O–H groups in total. The molecule has 0 saturated heterocycles. The zero-order valence-electron chi connectivity index (χ0n) is 17.6. The number of hydrogen-bond acceptors (Lipinski definition) is 5. The Bertz CT molecular complexity index is 1220. The molecule has 3 aromatic heterocycles. The number of rotatable bonds is 4. The number of nitrogens with zero attached hydrogens (tertiary/aromatic N) is 3. The summed E-state index contributed by atoms with van der Waals surface area (Å²) in [5, 5.41) is 16.9. The van der Waals surface area contributed by atoms with E-state index >= 15 is 0 Å². The molecule has 0 bridgehead atoms. The largest absolute Gasteiger partial charge is 0.478 e. The summed E-state index contributed by atoms with van der Waals surface area (Å²) < 4.78 is 7.08. The molecule has 0 spiro atoms. The number of aromatic nitrogens is 3. The van der Waals surface area contributed by atoms with Crippen molar-refractivity contribution >= 4 is 17.4 Å². The Morgan fingerprint density at radius 1 is 1.07 bits per heavy atom. The Balaban J connectivity index is 1.85. The van der Waals surface area contributed by atoms with Gasteiger partial charge in [-0.05, 0) is 52.3 Å². The van der Waals surface area contributed by atoms with Gasteiger partial charge in [0, 0.05) is 22.9 Å². The standard InChI is InChI=1S/C23H24N4O3/c1-13-19(14(2)30-26-13)15-6-8-16(9-7-15)20-21(25-23(3,4)5)27-12-17(22(28)29)10-11-18(27)24-20/h6-12,25H,1-5H3,(H,28,29). The van der Waals surface area contributed by atoms with Crippen molar-refractivity contribution in [3.05, 3.63) is 59.6 Å². The molecule has 0 fully saturated rings. The lowest BCUT2D eigenvalue weighted by molar-refractivity contribution is 0.0696. The molecule has 1 aromatic carbocycles. The molecule has 0 aliphatic rings. The highest BCUT2D eigenvalue weighted by atomic mass is 16.5. The molecular weight excluding hydrogens is 380 g/mol. The maximum Gasteiger partial charge on any atom is 0.337 e. The molecule has 0 atom stereocenters. The second-order valence-corrected chi connectivity index (χ2v) is 8.41. The SMILES string of the molecule is Cc1noc(C)c1-c1ccc(-c2nc3ccc(C(=O)O)cn3c2NC(C)(C)C)cc1. The van der Waals surface area contributed by atoms with E-state index in [1.54, 1.807) is 22.7 Å². The van der Waals surface area contributed by atoms with Crippen molar-refractivity contribution in [2.24, 2.45) is 0 Å².